The summed E-state index contributed by atoms with van der Waals surface area (Å²) in [6.07, 6.45) is 0.755. The van der Waals surface area contributed by atoms with Crippen molar-refractivity contribution in [3.63, 3.8) is 0 Å². The fraction of sp³-hybridized carbons (Fsp3) is 0.333. The van der Waals surface area contributed by atoms with E-state index >= 15 is 0 Å². The summed E-state index contributed by atoms with van der Waals surface area (Å²) in [5.74, 6) is 0.448. The number of rotatable bonds is 3. The van der Waals surface area contributed by atoms with Crippen LogP contribution in [0.3, 0.4) is 0 Å². The van der Waals surface area contributed by atoms with Crippen molar-refractivity contribution in [3.8, 4) is 0 Å². The van der Waals surface area contributed by atoms with Gasteiger partial charge in [-0.1, -0.05) is 0 Å². The summed E-state index contributed by atoms with van der Waals surface area (Å²) in [5, 5.41) is 2.00. The third-order valence-corrected chi connectivity index (χ3v) is 7.02. The van der Waals surface area contributed by atoms with Gasteiger partial charge in [0.05, 0.1) is 6.54 Å². The van der Waals surface area contributed by atoms with Crippen LogP contribution in [0.5, 0.6) is 0 Å². The molecule has 0 amide bonds. The van der Waals surface area contributed by atoms with E-state index in [1.165, 1.54) is 15.2 Å². The molecule has 0 saturated heterocycles. The van der Waals surface area contributed by atoms with E-state index in [4.69, 9.17) is 10.2 Å². The first-order valence-electron chi connectivity index (χ1n) is 6.06. The Morgan fingerprint density at radius 1 is 1.50 bits per heavy atom. The summed E-state index contributed by atoms with van der Waals surface area (Å²) in [6, 6.07) is 3.47. The zero-order valence-electron chi connectivity index (χ0n) is 10.5. The van der Waals surface area contributed by atoms with Crippen molar-refractivity contribution in [1.82, 2.24) is 4.31 Å². The van der Waals surface area contributed by atoms with Crippen molar-refractivity contribution in [1.29, 1.82) is 0 Å². The molecule has 8 heteroatoms. The first-order chi connectivity index (χ1) is 9.52. The highest BCUT2D eigenvalue weighted by atomic mass is 79.9. The molecule has 3 rings (SSSR count). The maximum Gasteiger partial charge on any atom is 0.247 e. The van der Waals surface area contributed by atoms with E-state index in [0.717, 1.165) is 12.0 Å². The average Bonchev–Trinajstić information content (AvgIpc) is 3.03. The largest absolute Gasteiger partial charge is 0.452 e. The lowest BCUT2D eigenvalue weighted by atomic mass is 10.1. The number of nitrogens with two attached hydrogens (primary N) is 1. The molecule has 0 unspecified atom stereocenters. The number of sulfonamides is 1. The lowest BCUT2D eigenvalue weighted by molar-refractivity contribution is 0.392. The summed E-state index contributed by atoms with van der Waals surface area (Å²) in [6.45, 7) is 1.07. The molecule has 0 saturated carbocycles. The van der Waals surface area contributed by atoms with Gasteiger partial charge in [-0.05, 0) is 39.4 Å². The SMILES string of the molecule is NCc1cc(S(=O)(=O)N2CCc3sccc3C2)c(Br)o1. The molecule has 0 aliphatic carbocycles. The molecule has 5 nitrogen and oxygen atoms in total. The Bertz CT molecular complexity index is 736. The first-order valence-corrected chi connectivity index (χ1v) is 9.17. The quantitative estimate of drug-likeness (QED) is 0.891. The van der Waals surface area contributed by atoms with Gasteiger partial charge in [-0.25, -0.2) is 8.42 Å². The lowest BCUT2D eigenvalue weighted by Gasteiger charge is -2.25. The maximum absolute atomic E-state index is 12.7. The highest BCUT2D eigenvalue weighted by Gasteiger charge is 2.32. The van der Waals surface area contributed by atoms with E-state index in [9.17, 15) is 8.42 Å². The van der Waals surface area contributed by atoms with E-state index in [-0.39, 0.29) is 16.1 Å². The molecule has 0 atom stereocenters. The van der Waals surface area contributed by atoms with Crippen LogP contribution >= 0.6 is 27.3 Å². The number of hydrogen-bond donors (Lipinski definition) is 1. The third kappa shape index (κ3) is 2.35. The minimum absolute atomic E-state index is 0.150. The minimum Gasteiger partial charge on any atom is -0.452 e. The standard InChI is InChI=1S/C12H13BrN2O3S2/c13-12-11(5-9(6-14)18-12)20(16,17)15-3-1-10-8(7-15)2-4-19-10/h2,4-5H,1,3,6-7,14H2. The highest BCUT2D eigenvalue weighted by molar-refractivity contribution is 9.10. The molecule has 2 N–H and O–H groups in total. The van der Waals surface area contributed by atoms with E-state index in [1.54, 1.807) is 11.3 Å². The van der Waals surface area contributed by atoms with Gasteiger partial charge in [0.15, 0.2) is 4.67 Å². The van der Waals surface area contributed by atoms with Gasteiger partial charge in [-0.3, -0.25) is 0 Å². The van der Waals surface area contributed by atoms with Crippen molar-refractivity contribution < 1.29 is 12.8 Å². The van der Waals surface area contributed by atoms with E-state index in [0.29, 0.717) is 18.8 Å². The Kier molecular flexibility index (Phi) is 3.76. The molecule has 2 aromatic heterocycles. The maximum atomic E-state index is 12.7. The van der Waals surface area contributed by atoms with Crippen molar-refractivity contribution in [3.05, 3.63) is 38.4 Å². The molecule has 0 radical (unpaired) electrons. The van der Waals surface area contributed by atoms with Gasteiger partial charge >= 0.3 is 0 Å². The van der Waals surface area contributed by atoms with Gasteiger partial charge in [0.2, 0.25) is 10.0 Å². The molecule has 3 heterocycles. The van der Waals surface area contributed by atoms with Crippen molar-refractivity contribution in [2.45, 2.75) is 24.4 Å². The third-order valence-electron chi connectivity index (χ3n) is 3.30. The number of furan rings is 1. The first kappa shape index (κ1) is 14.3. The molecule has 0 aromatic carbocycles. The average molecular weight is 377 g/mol. The van der Waals surface area contributed by atoms with Crippen LogP contribution < -0.4 is 5.73 Å². The highest BCUT2D eigenvalue weighted by Crippen LogP contribution is 2.32. The zero-order chi connectivity index (χ0) is 14.3. The van der Waals surface area contributed by atoms with Gasteiger partial charge in [-0.15, -0.1) is 11.3 Å². The number of halogens is 1. The van der Waals surface area contributed by atoms with Crippen LogP contribution in [-0.4, -0.2) is 19.3 Å². The Morgan fingerprint density at radius 3 is 3.00 bits per heavy atom. The van der Waals surface area contributed by atoms with Crippen LogP contribution in [0.2, 0.25) is 0 Å². The van der Waals surface area contributed by atoms with Gasteiger partial charge < -0.3 is 10.2 Å². The smallest absolute Gasteiger partial charge is 0.247 e. The van der Waals surface area contributed by atoms with Crippen LogP contribution in [0, 0.1) is 0 Å². The fourth-order valence-electron chi connectivity index (χ4n) is 2.24. The summed E-state index contributed by atoms with van der Waals surface area (Å²) >= 11 is 4.84. The molecule has 0 fully saturated rings. The van der Waals surface area contributed by atoms with Crippen LogP contribution in [0.25, 0.3) is 0 Å². The Morgan fingerprint density at radius 2 is 2.30 bits per heavy atom. The number of hydrogen-bond acceptors (Lipinski definition) is 5. The molecule has 20 heavy (non-hydrogen) atoms. The predicted molar refractivity (Wildman–Crippen MR) is 79.9 cm³/mol. The topological polar surface area (TPSA) is 76.5 Å². The van der Waals surface area contributed by atoms with Crippen molar-refractivity contribution in [2.24, 2.45) is 5.73 Å². The monoisotopic (exact) mass is 376 g/mol. The van der Waals surface area contributed by atoms with Crippen molar-refractivity contribution in [2.75, 3.05) is 6.54 Å². The number of fused-ring (bicyclic) bond motifs is 1. The lowest BCUT2D eigenvalue weighted by Crippen LogP contribution is -2.35. The normalized spacial score (nSPS) is 16.3. The van der Waals surface area contributed by atoms with Crippen LogP contribution in [0.4, 0.5) is 0 Å². The molecule has 1 aliphatic heterocycles. The predicted octanol–water partition coefficient (Wildman–Crippen LogP) is 2.31. The Balaban J connectivity index is 1.95. The molecule has 108 valence electrons. The molecule has 0 bridgehead atoms. The number of nitrogens with zero attached hydrogens (tertiary/aromatic N) is 1. The van der Waals surface area contributed by atoms with Crippen molar-refractivity contribution >= 4 is 37.3 Å². The summed E-state index contributed by atoms with van der Waals surface area (Å²) in [4.78, 5) is 1.42. The van der Waals surface area contributed by atoms with Crippen LogP contribution in [0.1, 0.15) is 16.2 Å². The Labute approximate surface area is 129 Å². The molecule has 0 spiro atoms. The molecule has 2 aromatic rings. The van der Waals surface area contributed by atoms with Gasteiger partial charge in [0.1, 0.15) is 10.7 Å². The second-order valence-corrected chi connectivity index (χ2v) is 8.14. The molecule has 1 aliphatic rings. The van der Waals surface area contributed by atoms with Crippen LogP contribution in [0.15, 0.2) is 31.5 Å². The summed E-state index contributed by atoms with van der Waals surface area (Å²) in [7, 11) is -3.56. The fourth-order valence-corrected chi connectivity index (χ4v) is 5.51. The van der Waals surface area contributed by atoms with Crippen LogP contribution in [-0.2, 0) is 29.5 Å². The second kappa shape index (κ2) is 5.27. The van der Waals surface area contributed by atoms with Gasteiger partial charge in [0.25, 0.3) is 0 Å². The van der Waals surface area contributed by atoms with E-state index in [2.05, 4.69) is 15.9 Å². The summed E-state index contributed by atoms with van der Waals surface area (Å²) < 4.78 is 32.3. The zero-order valence-corrected chi connectivity index (χ0v) is 13.7. The van der Waals surface area contributed by atoms with Gasteiger partial charge in [-0.2, -0.15) is 4.31 Å². The molecular formula is C12H13BrN2O3S2. The number of thiophene rings is 1. The summed E-state index contributed by atoms with van der Waals surface area (Å²) in [5.41, 5.74) is 6.57. The minimum atomic E-state index is -3.56. The van der Waals surface area contributed by atoms with E-state index < -0.39 is 10.0 Å². The Hall–Kier alpha value is -0.670. The molecular weight excluding hydrogens is 364 g/mol. The van der Waals surface area contributed by atoms with Gasteiger partial charge in [0, 0.05) is 24.0 Å². The van der Waals surface area contributed by atoms with E-state index in [1.807, 2.05) is 11.4 Å². The second-order valence-electron chi connectivity index (χ2n) is 4.51.